The molecule has 3 nitrogen and oxygen atoms in total. The average Bonchev–Trinajstić information content (AvgIpc) is 2.38. The molecule has 1 saturated heterocycles. The fourth-order valence-corrected chi connectivity index (χ4v) is 2.65. The van der Waals surface area contributed by atoms with Crippen LogP contribution in [0, 0.1) is 24.2 Å². The number of anilines is 1. The van der Waals surface area contributed by atoms with Crippen molar-refractivity contribution in [3.8, 4) is 6.07 Å². The predicted octanol–water partition coefficient (Wildman–Crippen LogP) is 2.43. The lowest BCUT2D eigenvalue weighted by atomic mass is 9.90. The molecule has 0 amide bonds. The van der Waals surface area contributed by atoms with Crippen molar-refractivity contribution in [1.82, 2.24) is 0 Å². The first kappa shape index (κ1) is 12.9. The number of nitrogens with two attached hydrogens (primary N) is 1. The molecular formula is C15H21N3. The molecule has 0 bridgehead atoms. The molecule has 2 N–H and O–H groups in total. The number of benzene rings is 1. The largest absolute Gasteiger partial charge is 0.372 e. The highest BCUT2D eigenvalue weighted by molar-refractivity contribution is 5.53. The van der Waals surface area contributed by atoms with Gasteiger partial charge < -0.3 is 10.6 Å². The Hall–Kier alpha value is -1.53. The van der Waals surface area contributed by atoms with E-state index in [0.717, 1.165) is 37.1 Å². The minimum Gasteiger partial charge on any atom is -0.372 e. The highest BCUT2D eigenvalue weighted by Crippen LogP contribution is 2.26. The normalized spacial score (nSPS) is 18.4. The molecule has 18 heavy (non-hydrogen) atoms. The van der Waals surface area contributed by atoms with Crippen molar-refractivity contribution in [3.05, 3.63) is 29.3 Å². The zero-order chi connectivity index (χ0) is 13.1. The molecule has 0 aromatic heterocycles. The molecule has 0 spiro atoms. The summed E-state index contributed by atoms with van der Waals surface area (Å²) in [6.07, 6.45) is 2.33. The molecule has 1 aliphatic heterocycles. The average molecular weight is 243 g/mol. The fraction of sp³-hybridized carbons (Fsp3) is 0.533. The first-order valence-corrected chi connectivity index (χ1v) is 6.63. The Morgan fingerprint density at radius 1 is 1.39 bits per heavy atom. The van der Waals surface area contributed by atoms with Crippen LogP contribution in [0.3, 0.4) is 0 Å². The van der Waals surface area contributed by atoms with E-state index in [1.54, 1.807) is 0 Å². The molecular weight excluding hydrogens is 222 g/mol. The molecule has 96 valence electrons. The van der Waals surface area contributed by atoms with Crippen LogP contribution < -0.4 is 10.6 Å². The Morgan fingerprint density at radius 2 is 2.06 bits per heavy atom. The van der Waals surface area contributed by atoms with Crippen molar-refractivity contribution in [2.24, 2.45) is 11.7 Å². The Morgan fingerprint density at radius 3 is 2.56 bits per heavy atom. The summed E-state index contributed by atoms with van der Waals surface area (Å²) in [7, 11) is 0. The first-order chi connectivity index (χ1) is 8.61. The highest BCUT2D eigenvalue weighted by Gasteiger charge is 2.22. The van der Waals surface area contributed by atoms with Gasteiger partial charge in [-0.3, -0.25) is 0 Å². The van der Waals surface area contributed by atoms with Gasteiger partial charge in [-0.05, 0) is 56.4 Å². The SMILES string of the molecule is Cc1cc(N2CCC(C(C)N)CC2)ccc1C#N. The Balaban J connectivity index is 2.06. The second kappa shape index (κ2) is 5.41. The second-order valence-electron chi connectivity index (χ2n) is 5.29. The van der Waals surface area contributed by atoms with Gasteiger partial charge in [0.15, 0.2) is 0 Å². The monoisotopic (exact) mass is 243 g/mol. The molecule has 1 aliphatic rings. The van der Waals surface area contributed by atoms with Gasteiger partial charge in [-0.15, -0.1) is 0 Å². The van der Waals surface area contributed by atoms with Crippen LogP contribution in [-0.4, -0.2) is 19.1 Å². The number of piperidine rings is 1. The van der Waals surface area contributed by atoms with Gasteiger partial charge in [0.1, 0.15) is 0 Å². The summed E-state index contributed by atoms with van der Waals surface area (Å²) in [6, 6.07) is 8.60. The summed E-state index contributed by atoms with van der Waals surface area (Å²) >= 11 is 0. The second-order valence-corrected chi connectivity index (χ2v) is 5.29. The quantitative estimate of drug-likeness (QED) is 0.868. The third kappa shape index (κ3) is 2.65. The first-order valence-electron chi connectivity index (χ1n) is 6.63. The van der Waals surface area contributed by atoms with Crippen molar-refractivity contribution in [2.75, 3.05) is 18.0 Å². The summed E-state index contributed by atoms with van der Waals surface area (Å²) in [5, 5.41) is 8.94. The van der Waals surface area contributed by atoms with E-state index in [0.29, 0.717) is 12.0 Å². The van der Waals surface area contributed by atoms with E-state index in [1.807, 2.05) is 13.0 Å². The van der Waals surface area contributed by atoms with E-state index in [4.69, 9.17) is 11.0 Å². The maximum Gasteiger partial charge on any atom is 0.0994 e. The van der Waals surface area contributed by atoms with Crippen LogP contribution in [0.2, 0.25) is 0 Å². The summed E-state index contributed by atoms with van der Waals surface area (Å²) in [4.78, 5) is 2.40. The molecule has 1 aromatic rings. The van der Waals surface area contributed by atoms with Crippen molar-refractivity contribution in [1.29, 1.82) is 5.26 Å². The third-order valence-corrected chi connectivity index (χ3v) is 3.98. The molecule has 0 radical (unpaired) electrons. The standard InChI is InChI=1S/C15H21N3/c1-11-9-15(4-3-14(11)10-16)18-7-5-13(6-8-18)12(2)17/h3-4,9,12-13H,5-8,17H2,1-2H3. The van der Waals surface area contributed by atoms with Gasteiger partial charge in [0.05, 0.1) is 11.6 Å². The Bertz CT molecular complexity index is 451. The highest BCUT2D eigenvalue weighted by atomic mass is 15.1. The summed E-state index contributed by atoms with van der Waals surface area (Å²) in [5.74, 6) is 0.653. The molecule has 3 heteroatoms. The van der Waals surface area contributed by atoms with Crippen LogP contribution in [0.4, 0.5) is 5.69 Å². The van der Waals surface area contributed by atoms with Crippen LogP contribution in [0.25, 0.3) is 0 Å². The van der Waals surface area contributed by atoms with Gasteiger partial charge in [0, 0.05) is 24.8 Å². The van der Waals surface area contributed by atoms with Crippen molar-refractivity contribution < 1.29 is 0 Å². The predicted molar refractivity (Wildman–Crippen MR) is 74.5 cm³/mol. The minimum absolute atomic E-state index is 0.301. The topological polar surface area (TPSA) is 53.0 Å². The molecule has 1 unspecified atom stereocenters. The minimum atomic E-state index is 0.301. The van der Waals surface area contributed by atoms with Crippen LogP contribution in [0.1, 0.15) is 30.9 Å². The number of rotatable bonds is 2. The van der Waals surface area contributed by atoms with Crippen LogP contribution in [0.5, 0.6) is 0 Å². The van der Waals surface area contributed by atoms with Crippen LogP contribution in [0.15, 0.2) is 18.2 Å². The van der Waals surface area contributed by atoms with E-state index >= 15 is 0 Å². The van der Waals surface area contributed by atoms with Gasteiger partial charge in [-0.25, -0.2) is 0 Å². The van der Waals surface area contributed by atoms with Gasteiger partial charge in [-0.2, -0.15) is 5.26 Å². The number of hydrogen-bond donors (Lipinski definition) is 1. The van der Waals surface area contributed by atoms with E-state index in [1.165, 1.54) is 5.69 Å². The van der Waals surface area contributed by atoms with Gasteiger partial charge >= 0.3 is 0 Å². The van der Waals surface area contributed by atoms with Crippen molar-refractivity contribution >= 4 is 5.69 Å². The number of hydrogen-bond acceptors (Lipinski definition) is 3. The maximum atomic E-state index is 8.94. The zero-order valence-corrected chi connectivity index (χ0v) is 11.2. The number of aryl methyl sites for hydroxylation is 1. The van der Waals surface area contributed by atoms with E-state index in [2.05, 4.69) is 30.0 Å². The van der Waals surface area contributed by atoms with E-state index in [-0.39, 0.29) is 0 Å². The Kier molecular flexibility index (Phi) is 3.88. The zero-order valence-electron chi connectivity index (χ0n) is 11.2. The van der Waals surface area contributed by atoms with Crippen molar-refractivity contribution in [3.63, 3.8) is 0 Å². The van der Waals surface area contributed by atoms with E-state index in [9.17, 15) is 0 Å². The molecule has 1 heterocycles. The third-order valence-electron chi connectivity index (χ3n) is 3.98. The van der Waals surface area contributed by atoms with Crippen LogP contribution in [-0.2, 0) is 0 Å². The molecule has 1 atom stereocenters. The maximum absolute atomic E-state index is 8.94. The molecule has 0 saturated carbocycles. The van der Waals surface area contributed by atoms with Gasteiger partial charge in [0.2, 0.25) is 0 Å². The number of nitriles is 1. The summed E-state index contributed by atoms with van der Waals surface area (Å²) in [5.41, 5.74) is 9.02. The lowest BCUT2D eigenvalue weighted by Crippen LogP contribution is -2.39. The smallest absolute Gasteiger partial charge is 0.0994 e. The lowest BCUT2D eigenvalue weighted by Gasteiger charge is -2.35. The lowest BCUT2D eigenvalue weighted by molar-refractivity contribution is 0.354. The summed E-state index contributed by atoms with van der Waals surface area (Å²) in [6.45, 7) is 6.23. The van der Waals surface area contributed by atoms with Gasteiger partial charge in [-0.1, -0.05) is 0 Å². The Labute approximate surface area is 109 Å². The molecule has 1 fully saturated rings. The summed E-state index contributed by atoms with van der Waals surface area (Å²) < 4.78 is 0. The molecule has 2 rings (SSSR count). The van der Waals surface area contributed by atoms with Gasteiger partial charge in [0.25, 0.3) is 0 Å². The van der Waals surface area contributed by atoms with E-state index < -0.39 is 0 Å². The fourth-order valence-electron chi connectivity index (χ4n) is 2.65. The number of nitrogens with zero attached hydrogens (tertiary/aromatic N) is 2. The van der Waals surface area contributed by atoms with Crippen molar-refractivity contribution in [2.45, 2.75) is 32.7 Å². The van der Waals surface area contributed by atoms with Crippen LogP contribution >= 0.6 is 0 Å². The molecule has 1 aromatic carbocycles. The molecule has 0 aliphatic carbocycles.